The highest BCUT2D eigenvalue weighted by molar-refractivity contribution is 5.78. The van der Waals surface area contributed by atoms with Crippen molar-refractivity contribution < 1.29 is 0 Å². The molecule has 0 rings (SSSR count). The van der Waals surface area contributed by atoms with E-state index < -0.39 is 0 Å². The van der Waals surface area contributed by atoms with Crippen LogP contribution < -0.4 is 5.43 Å². The minimum atomic E-state index is 1.000. The molecule has 0 aliphatic heterocycles. The molecule has 0 saturated carbocycles. The second kappa shape index (κ2) is 3.40. The molecule has 40 valence electrons. The molecule has 7 heavy (non-hydrogen) atoms. The smallest absolute Gasteiger partial charge is 0.0320 e. The SMILES string of the molecule is C=CNN=C(C)C. The molecule has 0 aromatic heterocycles. The van der Waals surface area contributed by atoms with E-state index >= 15 is 0 Å². The van der Waals surface area contributed by atoms with Gasteiger partial charge in [-0.05, 0) is 13.8 Å². The summed E-state index contributed by atoms with van der Waals surface area (Å²) in [7, 11) is 0. The van der Waals surface area contributed by atoms with Crippen molar-refractivity contribution in [1.29, 1.82) is 0 Å². The molecule has 0 spiro atoms. The molecule has 2 heteroatoms. The second-order valence-electron chi connectivity index (χ2n) is 1.39. The van der Waals surface area contributed by atoms with E-state index in [-0.39, 0.29) is 0 Å². The maximum absolute atomic E-state index is 3.79. The quantitative estimate of drug-likeness (QED) is 0.406. The van der Waals surface area contributed by atoms with Crippen LogP contribution in [0.4, 0.5) is 0 Å². The Hall–Kier alpha value is -0.790. The van der Waals surface area contributed by atoms with Crippen molar-refractivity contribution in [1.82, 2.24) is 5.43 Å². The van der Waals surface area contributed by atoms with Crippen LogP contribution in [0.15, 0.2) is 17.9 Å². The molecule has 0 fully saturated rings. The Labute approximate surface area is 43.9 Å². The van der Waals surface area contributed by atoms with E-state index in [0.717, 1.165) is 5.71 Å². The summed E-state index contributed by atoms with van der Waals surface area (Å²) in [6.45, 7) is 7.24. The number of nitrogens with one attached hydrogen (secondary N) is 1. The third kappa shape index (κ3) is 5.21. The van der Waals surface area contributed by atoms with Crippen LogP contribution in [-0.4, -0.2) is 5.71 Å². The summed E-state index contributed by atoms with van der Waals surface area (Å²) in [5, 5.41) is 3.79. The van der Waals surface area contributed by atoms with Crippen LogP contribution >= 0.6 is 0 Å². The fourth-order valence-electron chi connectivity index (χ4n) is 0.175. The lowest BCUT2D eigenvalue weighted by Gasteiger charge is -1.86. The molecule has 0 aromatic carbocycles. The average molecular weight is 98.1 g/mol. The van der Waals surface area contributed by atoms with E-state index in [2.05, 4.69) is 17.1 Å². The van der Waals surface area contributed by atoms with Crippen LogP contribution in [0.3, 0.4) is 0 Å². The van der Waals surface area contributed by atoms with E-state index in [1.54, 1.807) is 0 Å². The van der Waals surface area contributed by atoms with Gasteiger partial charge >= 0.3 is 0 Å². The van der Waals surface area contributed by atoms with E-state index in [9.17, 15) is 0 Å². The van der Waals surface area contributed by atoms with Crippen LogP contribution in [0.5, 0.6) is 0 Å². The van der Waals surface area contributed by atoms with Gasteiger partial charge < -0.3 is 0 Å². The van der Waals surface area contributed by atoms with Crippen molar-refractivity contribution in [3.8, 4) is 0 Å². The number of rotatable bonds is 2. The first-order valence-electron chi connectivity index (χ1n) is 2.14. The fraction of sp³-hybridized carbons (Fsp3) is 0.400. The molecule has 1 N–H and O–H groups in total. The van der Waals surface area contributed by atoms with Crippen molar-refractivity contribution in [2.45, 2.75) is 13.8 Å². The lowest BCUT2D eigenvalue weighted by molar-refractivity contribution is 0.967. The fourth-order valence-corrected chi connectivity index (χ4v) is 0.175. The minimum absolute atomic E-state index is 1.000. The van der Waals surface area contributed by atoms with Crippen LogP contribution in [0.1, 0.15) is 13.8 Å². The van der Waals surface area contributed by atoms with Gasteiger partial charge in [0.2, 0.25) is 0 Å². The largest absolute Gasteiger partial charge is 0.286 e. The average Bonchev–Trinajstić information content (AvgIpc) is 1.61. The van der Waals surface area contributed by atoms with Gasteiger partial charge in [0.1, 0.15) is 0 Å². The molecule has 0 aliphatic carbocycles. The molecule has 0 unspecified atom stereocenters. The van der Waals surface area contributed by atoms with Crippen LogP contribution in [0.25, 0.3) is 0 Å². The Morgan fingerprint density at radius 3 is 2.43 bits per heavy atom. The van der Waals surface area contributed by atoms with Crippen molar-refractivity contribution in [2.24, 2.45) is 5.10 Å². The highest BCUT2D eigenvalue weighted by Gasteiger charge is 1.68. The minimum Gasteiger partial charge on any atom is -0.286 e. The maximum atomic E-state index is 3.79. The van der Waals surface area contributed by atoms with Gasteiger partial charge in [-0.2, -0.15) is 5.10 Å². The summed E-state index contributed by atoms with van der Waals surface area (Å²) in [6, 6.07) is 0. The summed E-state index contributed by atoms with van der Waals surface area (Å²) in [4.78, 5) is 0. The predicted octanol–water partition coefficient (Wildman–Crippen LogP) is 1.12. The Balaban J connectivity index is 3.25. The van der Waals surface area contributed by atoms with Crippen LogP contribution in [0, 0.1) is 0 Å². The summed E-state index contributed by atoms with van der Waals surface area (Å²) < 4.78 is 0. The Bertz CT molecular complexity index is 80.1. The van der Waals surface area contributed by atoms with Crippen LogP contribution in [0.2, 0.25) is 0 Å². The standard InChI is InChI=1S/C5H10N2/c1-4-6-7-5(2)3/h4,6H,1H2,2-3H3. The van der Waals surface area contributed by atoms with Crippen molar-refractivity contribution >= 4 is 5.71 Å². The molecule has 0 aromatic rings. The molecule has 0 saturated heterocycles. The van der Waals surface area contributed by atoms with Gasteiger partial charge in [-0.1, -0.05) is 6.58 Å². The van der Waals surface area contributed by atoms with E-state index in [4.69, 9.17) is 0 Å². The molecular formula is C5H10N2. The summed E-state index contributed by atoms with van der Waals surface area (Å²) in [5.41, 5.74) is 3.60. The first-order valence-corrected chi connectivity index (χ1v) is 2.14. The zero-order valence-electron chi connectivity index (χ0n) is 4.73. The van der Waals surface area contributed by atoms with Crippen molar-refractivity contribution in [2.75, 3.05) is 0 Å². The first kappa shape index (κ1) is 6.21. The second-order valence-corrected chi connectivity index (χ2v) is 1.39. The lowest BCUT2D eigenvalue weighted by atomic mass is 10.5. The molecule has 0 aliphatic rings. The number of hydrogen-bond acceptors (Lipinski definition) is 2. The monoisotopic (exact) mass is 98.1 g/mol. The first-order chi connectivity index (χ1) is 3.27. The van der Waals surface area contributed by atoms with Gasteiger partial charge in [0.25, 0.3) is 0 Å². The van der Waals surface area contributed by atoms with E-state index in [0.29, 0.717) is 0 Å². The lowest BCUT2D eigenvalue weighted by Crippen LogP contribution is -1.95. The molecular weight excluding hydrogens is 88.1 g/mol. The van der Waals surface area contributed by atoms with Gasteiger partial charge in [0, 0.05) is 11.9 Å². The zero-order valence-corrected chi connectivity index (χ0v) is 4.73. The van der Waals surface area contributed by atoms with Gasteiger partial charge in [-0.25, -0.2) is 0 Å². The van der Waals surface area contributed by atoms with Gasteiger partial charge in [-0.15, -0.1) is 0 Å². The van der Waals surface area contributed by atoms with Crippen LogP contribution in [-0.2, 0) is 0 Å². The summed E-state index contributed by atoms with van der Waals surface area (Å²) >= 11 is 0. The molecule has 0 amide bonds. The number of hydrazone groups is 1. The Kier molecular flexibility index (Phi) is 3.02. The normalized spacial score (nSPS) is 7.14. The number of nitrogens with zero attached hydrogens (tertiary/aromatic N) is 1. The highest BCUT2D eigenvalue weighted by atomic mass is 15.3. The van der Waals surface area contributed by atoms with E-state index in [1.807, 2.05) is 13.8 Å². The van der Waals surface area contributed by atoms with Crippen molar-refractivity contribution in [3.63, 3.8) is 0 Å². The third-order valence-electron chi connectivity index (χ3n) is 0.379. The van der Waals surface area contributed by atoms with E-state index in [1.165, 1.54) is 6.20 Å². The summed E-state index contributed by atoms with van der Waals surface area (Å²) in [5.74, 6) is 0. The topological polar surface area (TPSA) is 24.4 Å². The van der Waals surface area contributed by atoms with Gasteiger partial charge in [0.15, 0.2) is 0 Å². The third-order valence-corrected chi connectivity index (χ3v) is 0.379. The van der Waals surface area contributed by atoms with Gasteiger partial charge in [0.05, 0.1) is 0 Å². The molecule has 0 heterocycles. The highest BCUT2D eigenvalue weighted by Crippen LogP contribution is 1.66. The maximum Gasteiger partial charge on any atom is 0.0320 e. The molecule has 0 bridgehead atoms. The molecule has 2 nitrogen and oxygen atoms in total. The summed E-state index contributed by atoms with van der Waals surface area (Å²) in [6.07, 6.45) is 1.53. The molecule has 0 atom stereocenters. The Morgan fingerprint density at radius 1 is 1.71 bits per heavy atom. The predicted molar refractivity (Wildman–Crippen MR) is 32.1 cm³/mol. The van der Waals surface area contributed by atoms with Crippen molar-refractivity contribution in [3.05, 3.63) is 12.8 Å². The van der Waals surface area contributed by atoms with Gasteiger partial charge in [-0.3, -0.25) is 5.43 Å². The molecule has 0 radical (unpaired) electrons. The Morgan fingerprint density at radius 2 is 2.29 bits per heavy atom. The zero-order chi connectivity index (χ0) is 5.70. The number of hydrogen-bond donors (Lipinski definition) is 1.